The van der Waals surface area contributed by atoms with Crippen LogP contribution in [0, 0.1) is 17.2 Å². The lowest BCUT2D eigenvalue weighted by Crippen LogP contribution is -2.09. The Bertz CT molecular complexity index is 602. The second-order valence-corrected chi connectivity index (χ2v) is 4.48. The Morgan fingerprint density at radius 2 is 2.24 bits per heavy atom. The van der Waals surface area contributed by atoms with E-state index < -0.39 is 0 Å². The topological polar surface area (TPSA) is 56.6 Å². The first-order valence-electron chi connectivity index (χ1n) is 5.64. The van der Waals surface area contributed by atoms with Crippen LogP contribution in [0.15, 0.2) is 24.4 Å². The van der Waals surface area contributed by atoms with Gasteiger partial charge in [0.05, 0.1) is 11.6 Å². The van der Waals surface area contributed by atoms with Gasteiger partial charge in [-0.25, -0.2) is 0 Å². The van der Waals surface area contributed by atoms with E-state index in [0.29, 0.717) is 12.0 Å². The largest absolute Gasteiger partial charge is 0.361 e. The fourth-order valence-electron chi connectivity index (χ4n) is 1.79. The Morgan fingerprint density at radius 3 is 2.88 bits per heavy atom. The Labute approximate surface area is 100 Å². The van der Waals surface area contributed by atoms with E-state index in [1.165, 1.54) is 0 Å². The smallest absolute Gasteiger partial charge is 0.139 e. The predicted octanol–water partition coefficient (Wildman–Crippen LogP) is 2.81. The number of nitrogens with zero attached hydrogens (tertiary/aromatic N) is 1. The lowest BCUT2D eigenvalue weighted by atomic mass is 10.0. The first-order chi connectivity index (χ1) is 8.11. The van der Waals surface area contributed by atoms with Gasteiger partial charge in [0.2, 0.25) is 0 Å². The first kappa shape index (κ1) is 11.4. The normalized spacial score (nSPS) is 10.7. The molecule has 86 valence electrons. The standard InChI is InChI=1S/C14H14N2O/c1-9(2)14(17)6-11-8-16-13-5-10(7-15)3-4-12(11)13/h3-5,8-9,16H,6H2,1-2H3. The molecule has 0 aliphatic heterocycles. The van der Waals surface area contributed by atoms with Crippen molar-refractivity contribution in [3.63, 3.8) is 0 Å². The molecule has 17 heavy (non-hydrogen) atoms. The minimum atomic E-state index is 0.0540. The molecule has 0 atom stereocenters. The molecule has 0 saturated carbocycles. The van der Waals surface area contributed by atoms with Crippen molar-refractivity contribution < 1.29 is 4.79 Å². The number of nitrogens with one attached hydrogen (secondary N) is 1. The van der Waals surface area contributed by atoms with Gasteiger partial charge in [-0.2, -0.15) is 5.26 Å². The molecule has 1 aromatic carbocycles. The number of carbonyl (C=O) groups is 1. The molecule has 2 rings (SSSR count). The molecule has 1 N–H and O–H groups in total. The summed E-state index contributed by atoms with van der Waals surface area (Å²) in [7, 11) is 0. The summed E-state index contributed by atoms with van der Waals surface area (Å²) in [6.07, 6.45) is 2.30. The van der Waals surface area contributed by atoms with Crippen LogP contribution < -0.4 is 0 Å². The minimum absolute atomic E-state index is 0.0540. The van der Waals surface area contributed by atoms with Gasteiger partial charge in [0.1, 0.15) is 5.78 Å². The second-order valence-electron chi connectivity index (χ2n) is 4.48. The highest BCUT2D eigenvalue weighted by Gasteiger charge is 2.11. The van der Waals surface area contributed by atoms with E-state index in [4.69, 9.17) is 5.26 Å². The van der Waals surface area contributed by atoms with E-state index in [-0.39, 0.29) is 11.7 Å². The monoisotopic (exact) mass is 226 g/mol. The Morgan fingerprint density at radius 1 is 1.47 bits per heavy atom. The number of Topliss-reactive ketones (excluding diaryl/α,β-unsaturated/α-hetero) is 1. The molecular formula is C14H14N2O. The van der Waals surface area contributed by atoms with Gasteiger partial charge in [0.15, 0.2) is 0 Å². The number of fused-ring (bicyclic) bond motifs is 1. The molecular weight excluding hydrogens is 212 g/mol. The highest BCUT2D eigenvalue weighted by molar-refractivity contribution is 5.90. The molecule has 3 nitrogen and oxygen atoms in total. The van der Waals surface area contributed by atoms with E-state index in [9.17, 15) is 4.79 Å². The van der Waals surface area contributed by atoms with Gasteiger partial charge in [-0.15, -0.1) is 0 Å². The zero-order valence-electron chi connectivity index (χ0n) is 9.95. The molecule has 1 heterocycles. The summed E-state index contributed by atoms with van der Waals surface area (Å²) in [5.41, 5.74) is 2.54. The number of rotatable bonds is 3. The number of aromatic nitrogens is 1. The number of nitriles is 1. The molecule has 1 aromatic heterocycles. The average Bonchev–Trinajstić information content (AvgIpc) is 2.71. The highest BCUT2D eigenvalue weighted by Crippen LogP contribution is 2.20. The molecule has 0 radical (unpaired) electrons. The number of ketones is 1. The number of benzene rings is 1. The summed E-state index contributed by atoms with van der Waals surface area (Å²) in [6, 6.07) is 7.58. The maximum Gasteiger partial charge on any atom is 0.139 e. The minimum Gasteiger partial charge on any atom is -0.361 e. The van der Waals surface area contributed by atoms with E-state index in [2.05, 4.69) is 11.1 Å². The van der Waals surface area contributed by atoms with E-state index in [0.717, 1.165) is 16.5 Å². The molecule has 0 aliphatic rings. The molecule has 2 aromatic rings. The van der Waals surface area contributed by atoms with E-state index in [1.54, 1.807) is 12.1 Å². The van der Waals surface area contributed by atoms with Gasteiger partial charge in [0, 0.05) is 29.4 Å². The van der Waals surface area contributed by atoms with Gasteiger partial charge >= 0.3 is 0 Å². The third-order valence-corrected chi connectivity index (χ3v) is 2.91. The lowest BCUT2D eigenvalue weighted by Gasteiger charge is -2.02. The van der Waals surface area contributed by atoms with Crippen LogP contribution >= 0.6 is 0 Å². The highest BCUT2D eigenvalue weighted by atomic mass is 16.1. The zero-order valence-corrected chi connectivity index (χ0v) is 9.95. The van der Waals surface area contributed by atoms with Gasteiger partial charge in [0.25, 0.3) is 0 Å². The molecule has 0 fully saturated rings. The summed E-state index contributed by atoms with van der Waals surface area (Å²) < 4.78 is 0. The van der Waals surface area contributed by atoms with Crippen molar-refractivity contribution in [3.05, 3.63) is 35.5 Å². The average molecular weight is 226 g/mol. The fourth-order valence-corrected chi connectivity index (χ4v) is 1.79. The molecule has 0 spiro atoms. The summed E-state index contributed by atoms with van der Waals surface area (Å²) >= 11 is 0. The Kier molecular flexibility index (Phi) is 2.97. The SMILES string of the molecule is CC(C)C(=O)Cc1c[nH]c2cc(C#N)ccc12. The maximum atomic E-state index is 11.7. The summed E-state index contributed by atoms with van der Waals surface area (Å²) in [4.78, 5) is 14.8. The number of H-pyrrole nitrogens is 1. The third-order valence-electron chi connectivity index (χ3n) is 2.91. The van der Waals surface area contributed by atoms with Gasteiger partial charge < -0.3 is 4.98 Å². The van der Waals surface area contributed by atoms with Crippen molar-refractivity contribution in [1.29, 1.82) is 5.26 Å². The number of aromatic amines is 1. The van der Waals surface area contributed by atoms with Crippen molar-refractivity contribution in [2.75, 3.05) is 0 Å². The quantitative estimate of drug-likeness (QED) is 0.874. The molecule has 3 heteroatoms. The molecule has 0 saturated heterocycles. The van der Waals surface area contributed by atoms with Crippen molar-refractivity contribution in [1.82, 2.24) is 4.98 Å². The maximum absolute atomic E-state index is 11.7. The van der Waals surface area contributed by atoms with Crippen LogP contribution in [0.5, 0.6) is 0 Å². The van der Waals surface area contributed by atoms with Crippen molar-refractivity contribution in [3.8, 4) is 6.07 Å². The number of hydrogen-bond donors (Lipinski definition) is 1. The number of carbonyl (C=O) groups excluding carboxylic acids is 1. The van der Waals surface area contributed by atoms with Crippen LogP contribution in [0.25, 0.3) is 10.9 Å². The van der Waals surface area contributed by atoms with Gasteiger partial charge in [-0.1, -0.05) is 19.9 Å². The lowest BCUT2D eigenvalue weighted by molar-refractivity contribution is -0.121. The van der Waals surface area contributed by atoms with Crippen LogP contribution in [0.3, 0.4) is 0 Å². The molecule has 0 bridgehead atoms. The summed E-state index contributed by atoms with van der Waals surface area (Å²) in [5, 5.41) is 9.83. The Balaban J connectivity index is 2.38. The zero-order chi connectivity index (χ0) is 12.4. The first-order valence-corrected chi connectivity index (χ1v) is 5.64. The van der Waals surface area contributed by atoms with Crippen molar-refractivity contribution >= 4 is 16.7 Å². The summed E-state index contributed by atoms with van der Waals surface area (Å²) in [5.74, 6) is 0.286. The van der Waals surface area contributed by atoms with Crippen molar-refractivity contribution in [2.24, 2.45) is 5.92 Å². The summed E-state index contributed by atoms with van der Waals surface area (Å²) in [6.45, 7) is 3.82. The molecule has 0 unspecified atom stereocenters. The second kappa shape index (κ2) is 4.42. The van der Waals surface area contributed by atoms with Gasteiger partial charge in [-0.05, 0) is 17.7 Å². The van der Waals surface area contributed by atoms with Crippen LogP contribution in [0.1, 0.15) is 25.0 Å². The third kappa shape index (κ3) is 2.21. The van der Waals surface area contributed by atoms with Crippen LogP contribution in [0.4, 0.5) is 0 Å². The predicted molar refractivity (Wildman–Crippen MR) is 66.6 cm³/mol. The van der Waals surface area contributed by atoms with E-state index >= 15 is 0 Å². The van der Waals surface area contributed by atoms with E-state index in [1.807, 2.05) is 26.1 Å². The van der Waals surface area contributed by atoms with Crippen LogP contribution in [0.2, 0.25) is 0 Å². The van der Waals surface area contributed by atoms with Gasteiger partial charge in [-0.3, -0.25) is 4.79 Å². The van der Waals surface area contributed by atoms with Crippen LogP contribution in [-0.2, 0) is 11.2 Å². The van der Waals surface area contributed by atoms with Crippen LogP contribution in [-0.4, -0.2) is 10.8 Å². The van der Waals surface area contributed by atoms with Crippen molar-refractivity contribution in [2.45, 2.75) is 20.3 Å². The molecule has 0 aliphatic carbocycles. The Hall–Kier alpha value is -2.08. The molecule has 0 amide bonds. The fraction of sp³-hybridized carbons (Fsp3) is 0.286. The number of hydrogen-bond acceptors (Lipinski definition) is 2.